The van der Waals surface area contributed by atoms with Crippen LogP contribution in [-0.4, -0.2) is 65.6 Å². The number of anilines is 1. The molecule has 0 radical (unpaired) electrons. The molecule has 3 aliphatic heterocycles. The van der Waals surface area contributed by atoms with E-state index in [1.807, 2.05) is 4.90 Å². The van der Waals surface area contributed by atoms with E-state index in [1.165, 1.54) is 17.0 Å². The van der Waals surface area contributed by atoms with Crippen LogP contribution in [0.4, 0.5) is 14.5 Å². The van der Waals surface area contributed by atoms with E-state index in [-0.39, 0.29) is 49.2 Å². The van der Waals surface area contributed by atoms with Gasteiger partial charge in [-0.3, -0.25) is 29.4 Å². The molecule has 0 saturated carbocycles. The average Bonchev–Trinajstić information content (AvgIpc) is 3.34. The van der Waals surface area contributed by atoms with Gasteiger partial charge >= 0.3 is 0 Å². The number of hydrogen-bond donors (Lipinski definition) is 2. The molecule has 0 bridgehead atoms. The maximum Gasteiger partial charge on any atom is 0.255 e. The summed E-state index contributed by atoms with van der Waals surface area (Å²) in [5.74, 6) is -2.18. The second-order valence-electron chi connectivity index (χ2n) is 11.2. The number of nitrogens with zero attached hydrogens (tertiary/aromatic N) is 3. The van der Waals surface area contributed by atoms with Gasteiger partial charge in [0.25, 0.3) is 5.91 Å². The van der Waals surface area contributed by atoms with Gasteiger partial charge in [0.2, 0.25) is 17.7 Å². The smallest absolute Gasteiger partial charge is 0.255 e. The number of piperidine rings is 1. The number of amides is 4. The van der Waals surface area contributed by atoms with Crippen LogP contribution >= 0.6 is 0 Å². The Morgan fingerprint density at radius 3 is 2.48 bits per heavy atom. The fourth-order valence-electron chi connectivity index (χ4n) is 5.97. The van der Waals surface area contributed by atoms with E-state index in [9.17, 15) is 23.6 Å². The lowest BCUT2D eigenvalue weighted by atomic mass is 10.0. The highest BCUT2D eigenvalue weighted by Gasteiger charge is 2.40. The van der Waals surface area contributed by atoms with Crippen LogP contribution in [0.2, 0.25) is 0 Å². The number of carbonyl (C=O) groups is 4. The molecule has 10 nitrogen and oxygen atoms in total. The van der Waals surface area contributed by atoms with E-state index in [2.05, 4.69) is 10.2 Å². The highest BCUT2D eigenvalue weighted by atomic mass is 19.1. The number of halogens is 2. The number of carbonyl (C=O) groups excluding carboxylic acids is 4. The summed E-state index contributed by atoms with van der Waals surface area (Å²) >= 11 is 0. The summed E-state index contributed by atoms with van der Waals surface area (Å²) in [6, 6.07) is 13.6. The summed E-state index contributed by atoms with van der Waals surface area (Å²) in [7, 11) is 0. The van der Waals surface area contributed by atoms with Crippen molar-refractivity contribution in [2.75, 3.05) is 31.1 Å². The summed E-state index contributed by atoms with van der Waals surface area (Å²) < 4.78 is 35.7. The zero-order chi connectivity index (χ0) is 31.0. The standard InChI is InChI=1S/C32H31F2N5O5/c33-24-14-19(4-5-21(24)16-37-10-12-38(13-11-37)26-7-6-20(30(35)41)15-25(26)34)18-44-28-3-1-2-22-23(28)17-39(32(22)43)27-8-9-29(40)36-31(27)42/h1-7,14-15,27H,8-13,16-18H2,(H2,35,41)(H,36,40,42). The quantitative estimate of drug-likeness (QED) is 0.380. The van der Waals surface area contributed by atoms with Crippen molar-refractivity contribution in [3.8, 4) is 5.75 Å². The normalized spacial score (nSPS) is 18.8. The maximum atomic E-state index is 15.1. The van der Waals surface area contributed by atoms with Gasteiger partial charge in [-0.2, -0.15) is 0 Å². The zero-order valence-corrected chi connectivity index (χ0v) is 23.9. The van der Waals surface area contributed by atoms with Crippen molar-refractivity contribution in [2.24, 2.45) is 5.73 Å². The molecule has 2 fully saturated rings. The minimum absolute atomic E-state index is 0.0824. The van der Waals surface area contributed by atoms with Crippen molar-refractivity contribution in [2.45, 2.75) is 38.6 Å². The van der Waals surface area contributed by atoms with Gasteiger partial charge in [-0.1, -0.05) is 18.2 Å². The second-order valence-corrected chi connectivity index (χ2v) is 11.2. The highest BCUT2D eigenvalue weighted by Crippen LogP contribution is 2.34. The Hall–Kier alpha value is -4.84. The molecule has 1 unspecified atom stereocenters. The van der Waals surface area contributed by atoms with E-state index in [0.29, 0.717) is 66.4 Å². The highest BCUT2D eigenvalue weighted by molar-refractivity contribution is 6.05. The van der Waals surface area contributed by atoms with E-state index in [4.69, 9.17) is 10.5 Å². The number of nitrogens with two attached hydrogens (primary N) is 1. The van der Waals surface area contributed by atoms with Crippen LogP contribution in [-0.2, 0) is 29.3 Å². The monoisotopic (exact) mass is 603 g/mol. The van der Waals surface area contributed by atoms with Crippen LogP contribution < -0.4 is 20.7 Å². The molecule has 0 aromatic heterocycles. The second kappa shape index (κ2) is 12.0. The van der Waals surface area contributed by atoms with Gasteiger partial charge in [0.15, 0.2) is 0 Å². The number of primary amides is 1. The fourth-order valence-corrected chi connectivity index (χ4v) is 5.97. The Morgan fingerprint density at radius 1 is 0.977 bits per heavy atom. The van der Waals surface area contributed by atoms with Crippen molar-refractivity contribution < 1.29 is 32.7 Å². The Bertz CT molecular complexity index is 1660. The average molecular weight is 604 g/mol. The molecule has 0 spiro atoms. The van der Waals surface area contributed by atoms with Gasteiger partial charge in [0.1, 0.15) is 30.0 Å². The number of piperazine rings is 1. The van der Waals surface area contributed by atoms with Crippen LogP contribution in [0.25, 0.3) is 0 Å². The first kappa shape index (κ1) is 29.2. The molecule has 12 heteroatoms. The predicted octanol–water partition coefficient (Wildman–Crippen LogP) is 2.73. The molecule has 44 heavy (non-hydrogen) atoms. The van der Waals surface area contributed by atoms with E-state index in [0.717, 1.165) is 6.07 Å². The molecular formula is C32H31F2N5O5. The van der Waals surface area contributed by atoms with Crippen molar-refractivity contribution in [3.63, 3.8) is 0 Å². The largest absolute Gasteiger partial charge is 0.489 e. The van der Waals surface area contributed by atoms with E-state index >= 15 is 4.39 Å². The Morgan fingerprint density at radius 2 is 1.77 bits per heavy atom. The van der Waals surface area contributed by atoms with Gasteiger partial charge < -0.3 is 20.3 Å². The summed E-state index contributed by atoms with van der Waals surface area (Å²) in [5, 5.41) is 2.30. The first-order valence-electron chi connectivity index (χ1n) is 14.4. The fraction of sp³-hybridized carbons (Fsp3) is 0.312. The van der Waals surface area contributed by atoms with Crippen molar-refractivity contribution in [1.29, 1.82) is 0 Å². The summed E-state index contributed by atoms with van der Waals surface area (Å²) in [4.78, 5) is 53.7. The van der Waals surface area contributed by atoms with Gasteiger partial charge in [-0.25, -0.2) is 8.78 Å². The molecule has 3 aromatic carbocycles. The molecular weight excluding hydrogens is 572 g/mol. The number of rotatable bonds is 8. The summed E-state index contributed by atoms with van der Waals surface area (Å²) in [6.45, 7) is 2.97. The number of hydrogen-bond acceptors (Lipinski definition) is 7. The molecule has 228 valence electrons. The predicted molar refractivity (Wildman–Crippen MR) is 156 cm³/mol. The molecule has 0 aliphatic carbocycles. The summed E-state index contributed by atoms with van der Waals surface area (Å²) in [6.07, 6.45) is 0.443. The first-order chi connectivity index (χ1) is 21.2. The van der Waals surface area contributed by atoms with Gasteiger partial charge in [0, 0.05) is 61.4 Å². The van der Waals surface area contributed by atoms with Crippen molar-refractivity contribution in [3.05, 3.63) is 94.0 Å². The third kappa shape index (κ3) is 5.85. The molecule has 3 aromatic rings. The topological polar surface area (TPSA) is 125 Å². The van der Waals surface area contributed by atoms with Gasteiger partial charge in [0.05, 0.1) is 12.2 Å². The minimum Gasteiger partial charge on any atom is -0.489 e. The lowest BCUT2D eigenvalue weighted by Crippen LogP contribution is -2.52. The third-order valence-corrected chi connectivity index (χ3v) is 8.39. The molecule has 1 atom stereocenters. The van der Waals surface area contributed by atoms with Crippen molar-refractivity contribution in [1.82, 2.24) is 15.1 Å². The Kier molecular flexibility index (Phi) is 8.00. The SMILES string of the molecule is NC(=O)c1ccc(N2CCN(Cc3ccc(COc4cccc5c4CN(C4CCC(=O)NC4=O)C5=O)cc3F)CC2)c(F)c1. The van der Waals surface area contributed by atoms with Gasteiger partial charge in [-0.15, -0.1) is 0 Å². The number of nitrogens with one attached hydrogen (secondary N) is 1. The first-order valence-corrected chi connectivity index (χ1v) is 14.4. The number of ether oxygens (including phenoxy) is 1. The molecule has 4 amide bonds. The van der Waals surface area contributed by atoms with Crippen molar-refractivity contribution >= 4 is 29.3 Å². The molecule has 3 aliphatic rings. The lowest BCUT2D eigenvalue weighted by molar-refractivity contribution is -0.136. The van der Waals surface area contributed by atoms with E-state index in [1.54, 1.807) is 36.4 Å². The Labute approximate surface area is 252 Å². The maximum absolute atomic E-state index is 15.1. The third-order valence-electron chi connectivity index (χ3n) is 8.39. The number of imide groups is 1. The zero-order valence-electron chi connectivity index (χ0n) is 23.9. The minimum atomic E-state index is -0.721. The number of fused-ring (bicyclic) bond motifs is 1. The molecule has 2 saturated heterocycles. The van der Waals surface area contributed by atoms with Gasteiger partial charge in [-0.05, 0) is 48.4 Å². The van der Waals surface area contributed by atoms with Crippen LogP contribution in [0.5, 0.6) is 5.75 Å². The Balaban J connectivity index is 1.05. The molecule has 3 heterocycles. The van der Waals surface area contributed by atoms with Crippen LogP contribution in [0, 0.1) is 11.6 Å². The lowest BCUT2D eigenvalue weighted by Gasteiger charge is -2.36. The van der Waals surface area contributed by atoms with Crippen LogP contribution in [0.15, 0.2) is 54.6 Å². The van der Waals surface area contributed by atoms with E-state index < -0.39 is 23.7 Å². The number of benzene rings is 3. The molecule has 3 N–H and O–H groups in total. The van der Waals surface area contributed by atoms with Crippen LogP contribution in [0.3, 0.4) is 0 Å². The summed E-state index contributed by atoms with van der Waals surface area (Å²) in [5.41, 5.74) is 8.01. The molecule has 6 rings (SSSR count). The van der Waals surface area contributed by atoms with Crippen LogP contribution in [0.1, 0.15) is 50.2 Å².